The van der Waals surface area contributed by atoms with Gasteiger partial charge in [0.1, 0.15) is 16.7 Å². The number of rotatable bonds is 21. The van der Waals surface area contributed by atoms with E-state index >= 15 is 0 Å². The van der Waals surface area contributed by atoms with Gasteiger partial charge in [-0.25, -0.2) is 9.78 Å². The summed E-state index contributed by atoms with van der Waals surface area (Å²) in [5.41, 5.74) is 6.09. The molecule has 7 N–H and O–H groups in total. The van der Waals surface area contributed by atoms with Crippen LogP contribution in [0.25, 0.3) is 0 Å². The van der Waals surface area contributed by atoms with E-state index in [1.165, 1.54) is 0 Å². The molecule has 1 fully saturated rings. The number of carboxylic acid groups (broad SMARTS) is 1. The number of thiazole rings is 1. The molecule has 5 amide bonds. The maximum Gasteiger partial charge on any atom is 0.407 e. The topological polar surface area (TPSA) is 225 Å². The lowest BCUT2D eigenvalue weighted by molar-refractivity contribution is -0.142. The van der Waals surface area contributed by atoms with Crippen molar-refractivity contribution in [2.75, 3.05) is 39.0 Å². The van der Waals surface area contributed by atoms with Crippen molar-refractivity contribution in [2.45, 2.75) is 117 Å². The summed E-state index contributed by atoms with van der Waals surface area (Å²) in [5, 5.41) is 22.9. The van der Waals surface area contributed by atoms with Gasteiger partial charge < -0.3 is 41.7 Å². The highest BCUT2D eigenvalue weighted by Gasteiger charge is 2.44. The van der Waals surface area contributed by atoms with Gasteiger partial charge in [-0.3, -0.25) is 28.9 Å². The van der Waals surface area contributed by atoms with Crippen molar-refractivity contribution in [1.82, 2.24) is 30.7 Å². The molecule has 1 aliphatic heterocycles. The van der Waals surface area contributed by atoms with Crippen LogP contribution in [0.15, 0.2) is 29.6 Å². The zero-order valence-electron chi connectivity index (χ0n) is 35.4. The van der Waals surface area contributed by atoms with Gasteiger partial charge in [-0.15, -0.1) is 11.3 Å². The average Bonchev–Trinajstić information content (AvgIpc) is 3.82. The van der Waals surface area contributed by atoms with Crippen molar-refractivity contribution in [3.8, 4) is 0 Å². The maximum atomic E-state index is 14.3. The molecule has 0 bridgehead atoms. The minimum Gasteiger partial charge on any atom is -0.481 e. The molecule has 0 aliphatic carbocycles. The van der Waals surface area contributed by atoms with Gasteiger partial charge in [0.15, 0.2) is 6.10 Å². The number of likely N-dealkylation sites (tertiary alicyclic amines) is 1. The van der Waals surface area contributed by atoms with Crippen molar-refractivity contribution in [1.29, 1.82) is 0 Å². The fourth-order valence-electron chi connectivity index (χ4n) is 7.10. The fraction of sp³-hybridized carbons (Fsp3) is 0.634. The molecule has 1 aromatic carbocycles. The zero-order chi connectivity index (χ0) is 43.3. The summed E-state index contributed by atoms with van der Waals surface area (Å²) in [6, 6.07) is 5.14. The van der Waals surface area contributed by atoms with Crippen LogP contribution in [-0.2, 0) is 30.3 Å². The lowest BCUT2D eigenvalue weighted by Gasteiger charge is -2.38. The third-order valence-electron chi connectivity index (χ3n) is 11.2. The third kappa shape index (κ3) is 12.9. The second-order valence-corrected chi connectivity index (χ2v) is 16.8. The highest BCUT2D eigenvalue weighted by molar-refractivity contribution is 7.09. The smallest absolute Gasteiger partial charge is 0.407 e. The van der Waals surface area contributed by atoms with Crippen molar-refractivity contribution < 1.29 is 38.6 Å². The number of hydrogen-bond acceptors (Lipinski definition) is 11. The van der Waals surface area contributed by atoms with Crippen LogP contribution in [0, 0.1) is 17.8 Å². The maximum absolute atomic E-state index is 14.3. The molecule has 6 unspecified atom stereocenters. The van der Waals surface area contributed by atoms with Gasteiger partial charge in [-0.1, -0.05) is 53.2 Å². The number of aliphatic carboxylic acids is 1. The number of carbonyl (C=O) groups is 6. The molecule has 1 saturated heterocycles. The van der Waals surface area contributed by atoms with Gasteiger partial charge in [0.2, 0.25) is 17.7 Å². The number of anilines is 1. The number of nitrogens with one attached hydrogen (secondary N) is 4. The number of alkyl carbamates (subject to hydrolysis) is 1. The highest BCUT2D eigenvalue weighted by atomic mass is 32.1. The molecule has 2 aromatic rings. The summed E-state index contributed by atoms with van der Waals surface area (Å²) in [7, 11) is 3.62. The Labute approximate surface area is 346 Å². The van der Waals surface area contributed by atoms with Crippen LogP contribution in [0.2, 0.25) is 0 Å². The molecule has 0 radical (unpaired) electrons. The van der Waals surface area contributed by atoms with Crippen LogP contribution in [0.5, 0.6) is 0 Å². The van der Waals surface area contributed by atoms with E-state index in [1.807, 2.05) is 46.6 Å². The van der Waals surface area contributed by atoms with Crippen LogP contribution in [0.1, 0.15) is 108 Å². The van der Waals surface area contributed by atoms with E-state index in [0.29, 0.717) is 36.5 Å². The first kappa shape index (κ1) is 47.8. The number of carbonyl (C=O) groups excluding carboxylic acids is 5. The number of amides is 5. The number of benzene rings is 1. The number of likely N-dealkylation sites (N-methyl/N-ethyl adjacent to an activating group) is 2. The minimum atomic E-state index is -1.00. The molecule has 1 aliphatic rings. The predicted molar refractivity (Wildman–Crippen MR) is 223 cm³/mol. The summed E-state index contributed by atoms with van der Waals surface area (Å²) >= 11 is 1.14. The summed E-state index contributed by atoms with van der Waals surface area (Å²) in [4.78, 5) is 86.4. The molecule has 322 valence electrons. The first-order valence-corrected chi connectivity index (χ1v) is 21.0. The van der Waals surface area contributed by atoms with E-state index in [4.69, 9.17) is 10.5 Å². The fourth-order valence-corrected chi connectivity index (χ4v) is 7.94. The second kappa shape index (κ2) is 22.0. The van der Waals surface area contributed by atoms with Crippen molar-refractivity contribution in [3.63, 3.8) is 0 Å². The predicted octanol–water partition coefficient (Wildman–Crippen LogP) is 4.17. The van der Waals surface area contributed by atoms with E-state index in [1.54, 1.807) is 55.4 Å². The monoisotopic (exact) mass is 828 g/mol. The van der Waals surface area contributed by atoms with Gasteiger partial charge in [0.05, 0.1) is 18.0 Å². The number of carboxylic acids is 1. The Kier molecular flexibility index (Phi) is 18.1. The van der Waals surface area contributed by atoms with E-state index in [2.05, 4.69) is 26.3 Å². The van der Waals surface area contributed by atoms with Crippen LogP contribution in [0.3, 0.4) is 0 Å². The van der Waals surface area contributed by atoms with Crippen molar-refractivity contribution >= 4 is 52.7 Å². The third-order valence-corrected chi connectivity index (χ3v) is 12.2. The normalized spacial score (nSPS) is 18.6. The SMILES string of the molecule is CCNC(=O)OC(CC(C(C)C)N(C)C(=O)C(NC(=O)[C@@]1(C)CCCN1C)C(C)CC)c1nc(C(=O)NC(Cc2ccc(NC(=O)CN)cc2)CC(C)C(=O)O)cs1. The van der Waals surface area contributed by atoms with Crippen molar-refractivity contribution in [2.24, 2.45) is 23.5 Å². The van der Waals surface area contributed by atoms with Crippen LogP contribution in [0.4, 0.5) is 10.5 Å². The molecule has 7 atom stereocenters. The van der Waals surface area contributed by atoms with E-state index < -0.39 is 53.7 Å². The Morgan fingerprint density at radius 2 is 1.72 bits per heavy atom. The lowest BCUT2D eigenvalue weighted by Crippen LogP contribution is -2.60. The standard InChI is InChI=1S/C41H64N8O8S/c1-10-25(5)34(47-39(55)41(7)17-12-18-48(41)8)37(52)49(9)31(24(3)4)21-32(57-40(56)43-11-2)36-46-30(23-58-36)35(51)45-29(19-26(6)38(53)54)20-27-13-15-28(16-14-27)44-33(50)22-42/h13-16,23-26,29,31-32,34H,10-12,17-22,42H2,1-9H3,(H,43,56)(H,44,50)(H,45,51)(H,47,55)(H,53,54)/t25?,26?,29?,31?,32?,34?,41-/m1/s1. The summed E-state index contributed by atoms with van der Waals surface area (Å²) in [5.74, 6) is -3.33. The van der Waals surface area contributed by atoms with Gasteiger partial charge in [0, 0.05) is 43.2 Å². The number of aromatic nitrogens is 1. The number of nitrogens with two attached hydrogens (primary N) is 1. The van der Waals surface area contributed by atoms with Gasteiger partial charge in [-0.05, 0) is 82.7 Å². The molecule has 17 heteroatoms. The molecule has 0 saturated carbocycles. The van der Waals surface area contributed by atoms with E-state index in [0.717, 1.165) is 29.9 Å². The Morgan fingerprint density at radius 3 is 2.28 bits per heavy atom. The van der Waals surface area contributed by atoms with Crippen LogP contribution >= 0.6 is 11.3 Å². The quantitative estimate of drug-likeness (QED) is 0.105. The Morgan fingerprint density at radius 1 is 1.05 bits per heavy atom. The first-order valence-electron chi connectivity index (χ1n) is 20.2. The molecule has 0 spiro atoms. The lowest BCUT2D eigenvalue weighted by atomic mass is 9.91. The zero-order valence-corrected chi connectivity index (χ0v) is 36.2. The summed E-state index contributed by atoms with van der Waals surface area (Å²) in [6.07, 6.45) is 1.23. The molecule has 1 aromatic heterocycles. The second-order valence-electron chi connectivity index (χ2n) is 15.9. The minimum absolute atomic E-state index is 0.0628. The van der Waals surface area contributed by atoms with Gasteiger partial charge in [-0.2, -0.15) is 0 Å². The highest BCUT2D eigenvalue weighted by Crippen LogP contribution is 2.32. The molecular formula is C41H64N8O8S. The molecule has 58 heavy (non-hydrogen) atoms. The van der Waals surface area contributed by atoms with Crippen LogP contribution in [-0.4, -0.2) is 113 Å². The van der Waals surface area contributed by atoms with Gasteiger partial charge >= 0.3 is 12.1 Å². The van der Waals surface area contributed by atoms with Crippen molar-refractivity contribution in [3.05, 3.63) is 45.9 Å². The number of ether oxygens (including phenoxy) is 1. The molecule has 2 heterocycles. The molecular weight excluding hydrogens is 765 g/mol. The largest absolute Gasteiger partial charge is 0.481 e. The van der Waals surface area contributed by atoms with Crippen LogP contribution < -0.4 is 27.0 Å². The Hall–Kier alpha value is -4.61. The number of hydrogen-bond donors (Lipinski definition) is 6. The summed E-state index contributed by atoms with van der Waals surface area (Å²) < 4.78 is 5.90. The summed E-state index contributed by atoms with van der Waals surface area (Å²) in [6.45, 7) is 14.0. The first-order chi connectivity index (χ1) is 27.3. The molecule has 3 rings (SSSR count). The van der Waals surface area contributed by atoms with E-state index in [-0.39, 0.29) is 54.6 Å². The average molecular weight is 829 g/mol. The molecule has 16 nitrogen and oxygen atoms in total. The van der Waals surface area contributed by atoms with E-state index in [9.17, 15) is 33.9 Å². The van der Waals surface area contributed by atoms with Gasteiger partial charge in [0.25, 0.3) is 5.91 Å². The number of nitrogens with zero attached hydrogens (tertiary/aromatic N) is 3. The Balaban J connectivity index is 1.87. The Bertz CT molecular complexity index is 1720.